The van der Waals surface area contributed by atoms with Gasteiger partial charge in [0.2, 0.25) is 5.89 Å². The van der Waals surface area contributed by atoms with E-state index in [1.165, 1.54) is 29.4 Å². The summed E-state index contributed by atoms with van der Waals surface area (Å²) >= 11 is 0. The maximum atomic E-state index is 6.09. The molecule has 148 valence electrons. The molecule has 0 spiro atoms. The van der Waals surface area contributed by atoms with E-state index in [0.29, 0.717) is 6.04 Å². The van der Waals surface area contributed by atoms with Crippen molar-refractivity contribution in [2.24, 2.45) is 0 Å². The average molecular weight is 387 g/mol. The first-order valence-corrected chi connectivity index (χ1v) is 10.2. The van der Waals surface area contributed by atoms with Crippen molar-refractivity contribution >= 4 is 10.9 Å². The fraction of sp³-hybridized carbons (Fsp3) is 0.292. The summed E-state index contributed by atoms with van der Waals surface area (Å²) in [7, 11) is 1.67. The van der Waals surface area contributed by atoms with Gasteiger partial charge in [0.05, 0.1) is 25.9 Å². The van der Waals surface area contributed by atoms with Gasteiger partial charge in [-0.05, 0) is 61.2 Å². The molecule has 1 unspecified atom stereocenters. The van der Waals surface area contributed by atoms with Crippen molar-refractivity contribution in [2.75, 3.05) is 13.7 Å². The Morgan fingerprint density at radius 3 is 2.83 bits per heavy atom. The first kappa shape index (κ1) is 18.0. The highest BCUT2D eigenvalue weighted by Gasteiger charge is 2.26. The average Bonchev–Trinajstić information content (AvgIpc) is 3.41. The Labute approximate surface area is 170 Å². The summed E-state index contributed by atoms with van der Waals surface area (Å²) in [4.78, 5) is 10.7. The summed E-state index contributed by atoms with van der Waals surface area (Å²) in [5.74, 6) is 2.39. The number of hydrogen-bond acceptors (Lipinski definition) is 4. The van der Waals surface area contributed by atoms with Gasteiger partial charge in [0.1, 0.15) is 5.75 Å². The third kappa shape index (κ3) is 3.66. The molecule has 4 aromatic rings. The Hall–Kier alpha value is -3.05. The Balaban J connectivity index is 1.36. The van der Waals surface area contributed by atoms with E-state index in [4.69, 9.17) is 9.15 Å². The van der Waals surface area contributed by atoms with Gasteiger partial charge in [0.15, 0.2) is 5.76 Å². The number of fused-ring (bicyclic) bond motifs is 1. The van der Waals surface area contributed by atoms with Crippen molar-refractivity contribution in [3.8, 4) is 17.1 Å². The molecule has 0 radical (unpaired) electrons. The number of para-hydroxylation sites is 1. The number of H-pyrrole nitrogens is 1. The normalized spacial score (nSPS) is 17.6. The topological polar surface area (TPSA) is 54.3 Å². The van der Waals surface area contributed by atoms with Crippen molar-refractivity contribution < 1.29 is 9.15 Å². The van der Waals surface area contributed by atoms with Gasteiger partial charge in [-0.15, -0.1) is 0 Å². The highest BCUT2D eigenvalue weighted by atomic mass is 16.5. The van der Waals surface area contributed by atoms with Crippen LogP contribution in [0.2, 0.25) is 0 Å². The van der Waals surface area contributed by atoms with Gasteiger partial charge in [0, 0.05) is 16.8 Å². The predicted molar refractivity (Wildman–Crippen MR) is 114 cm³/mol. The molecule has 0 bridgehead atoms. The van der Waals surface area contributed by atoms with Crippen LogP contribution >= 0.6 is 0 Å². The van der Waals surface area contributed by atoms with E-state index in [0.717, 1.165) is 42.5 Å². The lowest BCUT2D eigenvalue weighted by Gasteiger charge is -2.34. The molecule has 1 atom stereocenters. The van der Waals surface area contributed by atoms with Gasteiger partial charge < -0.3 is 14.1 Å². The SMILES string of the molecule is COc1ccc(-c2cnc(CN3CCCCC3c3cc4ccccc4[nH]3)o2)cc1. The van der Waals surface area contributed by atoms with Crippen LogP contribution in [0.5, 0.6) is 5.75 Å². The zero-order chi connectivity index (χ0) is 19.6. The minimum atomic E-state index is 0.368. The summed E-state index contributed by atoms with van der Waals surface area (Å²) in [6.07, 6.45) is 5.43. The maximum Gasteiger partial charge on any atom is 0.209 e. The second-order valence-corrected chi connectivity index (χ2v) is 7.64. The number of aromatic nitrogens is 2. The standard InChI is InChI=1S/C24H25N3O2/c1-28-19-11-9-17(10-12-19)23-15-25-24(29-23)16-27-13-5-4-8-22(27)21-14-18-6-2-3-7-20(18)26-21/h2-3,6-7,9-12,14-15,22,26H,4-5,8,13,16H2,1H3. The van der Waals surface area contributed by atoms with E-state index < -0.39 is 0 Å². The van der Waals surface area contributed by atoms with Crippen LogP contribution in [0.25, 0.3) is 22.2 Å². The van der Waals surface area contributed by atoms with Crippen molar-refractivity contribution in [1.82, 2.24) is 14.9 Å². The molecule has 5 rings (SSSR count). The number of piperidine rings is 1. The molecule has 1 saturated heterocycles. The molecular formula is C24H25N3O2. The fourth-order valence-corrected chi connectivity index (χ4v) is 4.25. The van der Waals surface area contributed by atoms with Crippen LogP contribution in [0, 0.1) is 0 Å². The highest BCUT2D eigenvalue weighted by molar-refractivity contribution is 5.80. The number of aromatic amines is 1. The first-order valence-electron chi connectivity index (χ1n) is 10.2. The smallest absolute Gasteiger partial charge is 0.209 e. The van der Waals surface area contributed by atoms with Crippen molar-refractivity contribution in [3.05, 3.63) is 72.4 Å². The number of ether oxygens (including phenoxy) is 1. The monoisotopic (exact) mass is 387 g/mol. The Bertz CT molecular complexity index is 1060. The molecule has 5 heteroatoms. The number of oxazole rings is 1. The van der Waals surface area contributed by atoms with Crippen LogP contribution in [0.1, 0.15) is 36.9 Å². The van der Waals surface area contributed by atoms with Gasteiger partial charge in [-0.25, -0.2) is 4.98 Å². The molecule has 0 saturated carbocycles. The number of hydrogen-bond donors (Lipinski definition) is 1. The minimum Gasteiger partial charge on any atom is -0.497 e. The zero-order valence-electron chi connectivity index (χ0n) is 16.6. The molecule has 5 nitrogen and oxygen atoms in total. The summed E-state index contributed by atoms with van der Waals surface area (Å²) in [6.45, 7) is 1.77. The van der Waals surface area contributed by atoms with E-state index in [9.17, 15) is 0 Å². The van der Waals surface area contributed by atoms with Gasteiger partial charge >= 0.3 is 0 Å². The number of nitrogens with zero attached hydrogens (tertiary/aromatic N) is 2. The molecule has 3 heterocycles. The van der Waals surface area contributed by atoms with Crippen molar-refractivity contribution in [3.63, 3.8) is 0 Å². The third-order valence-corrected chi connectivity index (χ3v) is 5.79. The van der Waals surface area contributed by atoms with Crippen LogP contribution in [-0.2, 0) is 6.54 Å². The van der Waals surface area contributed by atoms with E-state index in [1.54, 1.807) is 7.11 Å². The van der Waals surface area contributed by atoms with Crippen molar-refractivity contribution in [1.29, 1.82) is 0 Å². The second kappa shape index (κ2) is 7.76. The first-order chi connectivity index (χ1) is 14.3. The Morgan fingerprint density at radius 2 is 2.00 bits per heavy atom. The quantitative estimate of drug-likeness (QED) is 0.487. The second-order valence-electron chi connectivity index (χ2n) is 7.64. The minimum absolute atomic E-state index is 0.368. The molecule has 2 aromatic carbocycles. The van der Waals surface area contributed by atoms with Crippen LogP contribution in [-0.4, -0.2) is 28.5 Å². The Kier molecular flexibility index (Phi) is 4.82. The summed E-state index contributed by atoms with van der Waals surface area (Å²) in [5.41, 5.74) is 3.49. The van der Waals surface area contributed by atoms with E-state index in [1.807, 2.05) is 30.5 Å². The molecule has 1 fully saturated rings. The van der Waals surface area contributed by atoms with Gasteiger partial charge in [-0.1, -0.05) is 24.6 Å². The van der Waals surface area contributed by atoms with Gasteiger partial charge in [0.25, 0.3) is 0 Å². The highest BCUT2D eigenvalue weighted by Crippen LogP contribution is 2.34. The van der Waals surface area contributed by atoms with E-state index >= 15 is 0 Å². The molecule has 1 N–H and O–H groups in total. The summed E-state index contributed by atoms with van der Waals surface area (Å²) < 4.78 is 11.3. The third-order valence-electron chi connectivity index (χ3n) is 5.79. The lowest BCUT2D eigenvalue weighted by atomic mass is 9.99. The van der Waals surface area contributed by atoms with Crippen LogP contribution in [0.15, 0.2) is 65.2 Å². The molecule has 0 aliphatic carbocycles. The van der Waals surface area contributed by atoms with Crippen LogP contribution in [0.3, 0.4) is 0 Å². The number of methoxy groups -OCH3 is 1. The molecule has 1 aliphatic rings. The number of likely N-dealkylation sites (tertiary alicyclic amines) is 1. The van der Waals surface area contributed by atoms with Crippen molar-refractivity contribution in [2.45, 2.75) is 31.8 Å². The summed E-state index contributed by atoms with van der Waals surface area (Å²) in [6, 6.07) is 19.0. The van der Waals surface area contributed by atoms with E-state index in [-0.39, 0.29) is 0 Å². The lowest BCUT2D eigenvalue weighted by Crippen LogP contribution is -2.33. The molecule has 29 heavy (non-hydrogen) atoms. The number of rotatable bonds is 5. The molecule has 0 amide bonds. The van der Waals surface area contributed by atoms with Crippen LogP contribution < -0.4 is 4.74 Å². The summed E-state index contributed by atoms with van der Waals surface area (Å²) in [5, 5.41) is 1.27. The fourth-order valence-electron chi connectivity index (χ4n) is 4.25. The van der Waals surface area contributed by atoms with Gasteiger partial charge in [-0.2, -0.15) is 0 Å². The number of benzene rings is 2. The molecule has 1 aliphatic heterocycles. The van der Waals surface area contributed by atoms with Crippen LogP contribution in [0.4, 0.5) is 0 Å². The predicted octanol–water partition coefficient (Wildman–Crippen LogP) is 5.56. The molecular weight excluding hydrogens is 362 g/mol. The maximum absolute atomic E-state index is 6.09. The Morgan fingerprint density at radius 1 is 1.14 bits per heavy atom. The number of nitrogens with one attached hydrogen (secondary N) is 1. The largest absolute Gasteiger partial charge is 0.497 e. The van der Waals surface area contributed by atoms with Gasteiger partial charge in [-0.3, -0.25) is 4.90 Å². The zero-order valence-corrected chi connectivity index (χ0v) is 16.6. The molecule has 2 aromatic heterocycles. The lowest BCUT2D eigenvalue weighted by molar-refractivity contribution is 0.126. The van der Waals surface area contributed by atoms with E-state index in [2.05, 4.69) is 45.2 Å².